The monoisotopic (exact) mass is 299 g/mol. The van der Waals surface area contributed by atoms with Gasteiger partial charge in [-0.05, 0) is 37.1 Å². The van der Waals surface area contributed by atoms with Crippen molar-refractivity contribution in [2.24, 2.45) is 4.99 Å². The van der Waals surface area contributed by atoms with Gasteiger partial charge in [0.2, 0.25) is 0 Å². The molecule has 0 fully saturated rings. The molecule has 2 rings (SSSR count). The Balaban J connectivity index is 1.98. The van der Waals surface area contributed by atoms with E-state index >= 15 is 0 Å². The highest BCUT2D eigenvalue weighted by Gasteiger charge is 2.07. The fourth-order valence-corrected chi connectivity index (χ4v) is 2.31. The summed E-state index contributed by atoms with van der Waals surface area (Å²) in [5, 5.41) is 3.35. The molecule has 4 heteroatoms. The van der Waals surface area contributed by atoms with Gasteiger partial charge in [0.05, 0.1) is 6.26 Å². The summed E-state index contributed by atoms with van der Waals surface area (Å²) in [6.07, 6.45) is 2.52. The van der Waals surface area contributed by atoms with Gasteiger partial charge in [0.1, 0.15) is 5.76 Å². The number of nitrogens with one attached hydrogen (secondary N) is 1. The summed E-state index contributed by atoms with van der Waals surface area (Å²) in [6.45, 7) is 6.65. The van der Waals surface area contributed by atoms with E-state index in [2.05, 4.69) is 60.4 Å². The first-order valence-corrected chi connectivity index (χ1v) is 7.77. The third-order valence-corrected chi connectivity index (χ3v) is 3.57. The molecule has 0 bridgehead atoms. The van der Waals surface area contributed by atoms with Crippen LogP contribution >= 0.6 is 0 Å². The molecule has 118 valence electrons. The lowest BCUT2D eigenvalue weighted by Gasteiger charge is -2.23. The van der Waals surface area contributed by atoms with Crippen LogP contribution in [-0.4, -0.2) is 31.0 Å². The zero-order valence-corrected chi connectivity index (χ0v) is 13.7. The van der Waals surface area contributed by atoms with Crippen LogP contribution in [0.5, 0.6) is 0 Å². The van der Waals surface area contributed by atoms with Gasteiger partial charge in [-0.2, -0.15) is 0 Å². The van der Waals surface area contributed by atoms with Crippen LogP contribution in [0.3, 0.4) is 0 Å². The Morgan fingerprint density at radius 3 is 2.73 bits per heavy atom. The van der Waals surface area contributed by atoms with Crippen LogP contribution in [0.2, 0.25) is 0 Å². The first kappa shape index (κ1) is 16.1. The molecule has 0 aliphatic rings. The molecule has 1 heterocycles. The molecule has 0 aliphatic carbocycles. The molecule has 0 saturated heterocycles. The Hall–Kier alpha value is -2.23. The van der Waals surface area contributed by atoms with Gasteiger partial charge in [-0.1, -0.05) is 24.3 Å². The van der Waals surface area contributed by atoms with E-state index in [9.17, 15) is 0 Å². The summed E-state index contributed by atoms with van der Waals surface area (Å²) < 4.78 is 5.34. The maximum absolute atomic E-state index is 5.34. The van der Waals surface area contributed by atoms with Gasteiger partial charge in [0, 0.05) is 33.1 Å². The summed E-state index contributed by atoms with van der Waals surface area (Å²) in [4.78, 5) is 6.85. The first-order chi connectivity index (χ1) is 10.7. The molecule has 0 radical (unpaired) electrons. The predicted octanol–water partition coefficient (Wildman–Crippen LogP) is 3.23. The van der Waals surface area contributed by atoms with Crippen molar-refractivity contribution in [2.75, 3.05) is 20.1 Å². The summed E-state index contributed by atoms with van der Waals surface area (Å²) in [5.41, 5.74) is 2.63. The van der Waals surface area contributed by atoms with E-state index in [1.165, 1.54) is 11.1 Å². The molecule has 0 atom stereocenters. The molecule has 0 aliphatic heterocycles. The maximum Gasteiger partial charge on any atom is 0.193 e. The van der Waals surface area contributed by atoms with Crippen LogP contribution in [0.25, 0.3) is 0 Å². The quantitative estimate of drug-likeness (QED) is 0.657. The summed E-state index contributed by atoms with van der Waals surface area (Å²) in [7, 11) is 2.07. The molecular weight excluding hydrogens is 274 g/mol. The van der Waals surface area contributed by atoms with Crippen molar-refractivity contribution in [1.29, 1.82) is 0 Å². The second-order valence-corrected chi connectivity index (χ2v) is 5.35. The van der Waals surface area contributed by atoms with Crippen molar-refractivity contribution < 1.29 is 4.42 Å². The number of hydrogen-bond donors (Lipinski definition) is 1. The average Bonchev–Trinajstić information content (AvgIpc) is 3.02. The van der Waals surface area contributed by atoms with Crippen molar-refractivity contribution in [3.63, 3.8) is 0 Å². The lowest BCUT2D eigenvalue weighted by molar-refractivity contribution is 0.473. The molecule has 0 spiro atoms. The Labute approximate surface area is 132 Å². The number of furan rings is 1. The maximum atomic E-state index is 5.34. The van der Waals surface area contributed by atoms with E-state index in [-0.39, 0.29) is 0 Å². The van der Waals surface area contributed by atoms with Crippen LogP contribution in [0.4, 0.5) is 0 Å². The lowest BCUT2D eigenvalue weighted by atomic mass is 10.1. The van der Waals surface area contributed by atoms with Crippen molar-refractivity contribution in [2.45, 2.75) is 26.8 Å². The number of aryl methyl sites for hydroxylation is 1. The predicted molar refractivity (Wildman–Crippen MR) is 91.0 cm³/mol. The minimum Gasteiger partial charge on any atom is -0.469 e. The Kier molecular flexibility index (Phi) is 6.07. The molecule has 1 aromatic heterocycles. The smallest absolute Gasteiger partial charge is 0.193 e. The molecule has 0 amide bonds. The zero-order chi connectivity index (χ0) is 15.8. The van der Waals surface area contributed by atoms with E-state index in [0.717, 1.165) is 31.2 Å². The molecule has 1 aromatic carbocycles. The van der Waals surface area contributed by atoms with E-state index in [0.29, 0.717) is 6.54 Å². The van der Waals surface area contributed by atoms with Crippen molar-refractivity contribution >= 4 is 5.96 Å². The molecule has 22 heavy (non-hydrogen) atoms. The highest BCUT2D eigenvalue weighted by atomic mass is 16.3. The van der Waals surface area contributed by atoms with Crippen LogP contribution < -0.4 is 5.32 Å². The Bertz CT molecular complexity index is 590. The fraction of sp³-hybridized carbons (Fsp3) is 0.389. The van der Waals surface area contributed by atoms with Gasteiger partial charge < -0.3 is 14.6 Å². The van der Waals surface area contributed by atoms with Gasteiger partial charge in [0.15, 0.2) is 5.96 Å². The van der Waals surface area contributed by atoms with E-state index in [1.54, 1.807) is 6.26 Å². The van der Waals surface area contributed by atoms with Crippen LogP contribution in [0, 0.1) is 6.92 Å². The van der Waals surface area contributed by atoms with Crippen molar-refractivity contribution in [3.05, 3.63) is 59.5 Å². The van der Waals surface area contributed by atoms with E-state index < -0.39 is 0 Å². The standard InChI is InChI=1S/C18H25N3O/c1-4-19-18(20-12-11-17-10-7-13-22-17)21(3)14-16-9-6-5-8-15(16)2/h5-10,13H,4,11-12,14H2,1-3H3,(H,19,20). The topological polar surface area (TPSA) is 40.8 Å². The number of rotatable bonds is 6. The van der Waals surface area contributed by atoms with E-state index in [1.807, 2.05) is 12.1 Å². The number of hydrogen-bond acceptors (Lipinski definition) is 2. The number of nitrogens with zero attached hydrogens (tertiary/aromatic N) is 2. The number of aliphatic imine (C=N–C) groups is 1. The minimum absolute atomic E-state index is 0.716. The Morgan fingerprint density at radius 1 is 1.23 bits per heavy atom. The van der Waals surface area contributed by atoms with Gasteiger partial charge in [-0.15, -0.1) is 0 Å². The lowest BCUT2D eigenvalue weighted by Crippen LogP contribution is -2.38. The number of benzene rings is 1. The summed E-state index contributed by atoms with van der Waals surface area (Å²) in [5.74, 6) is 1.90. The van der Waals surface area contributed by atoms with Gasteiger partial charge >= 0.3 is 0 Å². The number of guanidine groups is 1. The van der Waals surface area contributed by atoms with Gasteiger partial charge in [-0.25, -0.2) is 0 Å². The average molecular weight is 299 g/mol. The molecule has 4 nitrogen and oxygen atoms in total. The zero-order valence-electron chi connectivity index (χ0n) is 13.7. The molecule has 0 unspecified atom stereocenters. The largest absolute Gasteiger partial charge is 0.469 e. The molecular formula is C18H25N3O. The molecule has 0 saturated carbocycles. The van der Waals surface area contributed by atoms with Crippen molar-refractivity contribution in [3.8, 4) is 0 Å². The third kappa shape index (κ3) is 4.65. The molecule has 2 aromatic rings. The minimum atomic E-state index is 0.716. The van der Waals surface area contributed by atoms with Crippen LogP contribution in [0.1, 0.15) is 23.8 Å². The summed E-state index contributed by atoms with van der Waals surface area (Å²) in [6, 6.07) is 12.4. The normalized spacial score (nSPS) is 11.5. The van der Waals surface area contributed by atoms with Gasteiger partial charge in [0.25, 0.3) is 0 Å². The SMILES string of the molecule is CCNC(=NCCc1ccco1)N(C)Cc1ccccc1C. The fourth-order valence-electron chi connectivity index (χ4n) is 2.31. The van der Waals surface area contributed by atoms with Crippen LogP contribution in [-0.2, 0) is 13.0 Å². The second-order valence-electron chi connectivity index (χ2n) is 5.35. The van der Waals surface area contributed by atoms with Gasteiger partial charge in [-0.3, -0.25) is 4.99 Å². The third-order valence-electron chi connectivity index (χ3n) is 3.57. The highest BCUT2D eigenvalue weighted by molar-refractivity contribution is 5.79. The summed E-state index contributed by atoms with van der Waals surface area (Å²) >= 11 is 0. The van der Waals surface area contributed by atoms with Crippen molar-refractivity contribution in [1.82, 2.24) is 10.2 Å². The second kappa shape index (κ2) is 8.27. The van der Waals surface area contributed by atoms with Crippen LogP contribution in [0.15, 0.2) is 52.1 Å². The highest BCUT2D eigenvalue weighted by Crippen LogP contribution is 2.09. The Morgan fingerprint density at radius 2 is 2.05 bits per heavy atom. The first-order valence-electron chi connectivity index (χ1n) is 7.77. The van der Waals surface area contributed by atoms with E-state index in [4.69, 9.17) is 4.42 Å². The molecule has 1 N–H and O–H groups in total.